The molecule has 0 aromatic carbocycles. The molecule has 0 saturated carbocycles. The average molecular weight is 255 g/mol. The van der Waals surface area contributed by atoms with Crippen LogP contribution in [0.1, 0.15) is 27.2 Å². The number of hydrogen-bond donors (Lipinski definition) is 1. The Morgan fingerprint density at radius 1 is 1.50 bits per heavy atom. The van der Waals surface area contributed by atoms with Gasteiger partial charge in [-0.3, -0.25) is 9.69 Å². The van der Waals surface area contributed by atoms with Crippen LogP contribution in [0.4, 0.5) is 0 Å². The highest BCUT2D eigenvalue weighted by Crippen LogP contribution is 2.04. The number of likely N-dealkylation sites (N-methyl/N-ethyl adjacent to an activating group) is 1. The largest absolute Gasteiger partial charge is 0.385 e. The number of carbonyl (C=O) groups excluding carboxylic acids is 1. The van der Waals surface area contributed by atoms with Crippen molar-refractivity contribution in [3.63, 3.8) is 0 Å². The Balaban J connectivity index is 4.11. The summed E-state index contributed by atoms with van der Waals surface area (Å²) in [6.45, 7) is 8.41. The molecule has 2 unspecified atom stereocenters. The van der Waals surface area contributed by atoms with Crippen LogP contribution in [0.5, 0.6) is 0 Å². The van der Waals surface area contributed by atoms with E-state index in [1.165, 1.54) is 0 Å². The van der Waals surface area contributed by atoms with Crippen LogP contribution in [0, 0.1) is 17.2 Å². The van der Waals surface area contributed by atoms with Gasteiger partial charge < -0.3 is 10.1 Å². The molecule has 0 spiro atoms. The normalized spacial score (nSPS) is 14.0. The number of amides is 1. The lowest BCUT2D eigenvalue weighted by Crippen LogP contribution is -2.46. The lowest BCUT2D eigenvalue weighted by Gasteiger charge is -2.27. The first-order valence-corrected chi connectivity index (χ1v) is 6.47. The number of ether oxygens (including phenoxy) is 1. The molecule has 0 bridgehead atoms. The molecule has 0 rings (SSSR count). The van der Waals surface area contributed by atoms with Gasteiger partial charge in [-0.1, -0.05) is 6.92 Å². The first kappa shape index (κ1) is 16.9. The van der Waals surface area contributed by atoms with Crippen LogP contribution in [-0.2, 0) is 9.53 Å². The Hall–Kier alpha value is -1.12. The minimum atomic E-state index is -0.201. The molecule has 0 heterocycles. The summed E-state index contributed by atoms with van der Waals surface area (Å²) in [6, 6.07) is 1.99. The van der Waals surface area contributed by atoms with Crippen molar-refractivity contribution < 1.29 is 9.53 Å². The van der Waals surface area contributed by atoms with Crippen LogP contribution in [0.2, 0.25) is 0 Å². The van der Waals surface area contributed by atoms with Gasteiger partial charge in [0.05, 0.1) is 18.0 Å². The number of nitriles is 1. The van der Waals surface area contributed by atoms with Crippen LogP contribution in [0.3, 0.4) is 0 Å². The maximum Gasteiger partial charge on any atom is 0.237 e. The van der Waals surface area contributed by atoms with Crippen LogP contribution in [0.25, 0.3) is 0 Å². The summed E-state index contributed by atoms with van der Waals surface area (Å²) < 4.78 is 4.92. The van der Waals surface area contributed by atoms with E-state index < -0.39 is 0 Å². The van der Waals surface area contributed by atoms with Crippen LogP contribution in [0.15, 0.2) is 0 Å². The van der Waals surface area contributed by atoms with Gasteiger partial charge in [-0.05, 0) is 26.8 Å². The molecule has 104 valence electrons. The van der Waals surface area contributed by atoms with Gasteiger partial charge in [0.25, 0.3) is 0 Å². The third-order valence-electron chi connectivity index (χ3n) is 2.89. The number of nitrogens with zero attached hydrogens (tertiary/aromatic N) is 2. The molecule has 2 atom stereocenters. The molecule has 0 saturated heterocycles. The fourth-order valence-electron chi connectivity index (χ4n) is 1.70. The fourth-order valence-corrected chi connectivity index (χ4v) is 1.70. The van der Waals surface area contributed by atoms with Crippen molar-refractivity contribution >= 4 is 5.91 Å². The monoisotopic (exact) mass is 255 g/mol. The molecule has 0 aromatic rings. The summed E-state index contributed by atoms with van der Waals surface area (Å²) in [7, 11) is 1.65. The van der Waals surface area contributed by atoms with Crippen molar-refractivity contribution in [1.82, 2.24) is 10.2 Å². The van der Waals surface area contributed by atoms with Gasteiger partial charge in [-0.2, -0.15) is 5.26 Å². The van der Waals surface area contributed by atoms with E-state index in [-0.39, 0.29) is 17.9 Å². The second-order valence-corrected chi connectivity index (χ2v) is 4.43. The van der Waals surface area contributed by atoms with Gasteiger partial charge in [0.15, 0.2) is 0 Å². The summed E-state index contributed by atoms with van der Waals surface area (Å²) in [5, 5.41) is 11.7. The molecule has 5 heteroatoms. The summed E-state index contributed by atoms with van der Waals surface area (Å²) in [4.78, 5) is 13.9. The number of nitrogens with one attached hydrogen (secondary N) is 1. The Kier molecular flexibility index (Phi) is 9.25. The maximum atomic E-state index is 11.9. The smallest absolute Gasteiger partial charge is 0.237 e. The van der Waals surface area contributed by atoms with Crippen molar-refractivity contribution in [2.24, 2.45) is 5.92 Å². The molecule has 5 nitrogen and oxygen atoms in total. The first-order valence-electron chi connectivity index (χ1n) is 6.47. The van der Waals surface area contributed by atoms with Crippen molar-refractivity contribution in [3.05, 3.63) is 0 Å². The SMILES string of the molecule is CCN(CC(C)C#N)C(C)C(=O)NCCCOC. The van der Waals surface area contributed by atoms with Gasteiger partial charge in [0.2, 0.25) is 5.91 Å². The van der Waals surface area contributed by atoms with Gasteiger partial charge in [-0.25, -0.2) is 0 Å². The zero-order valence-electron chi connectivity index (χ0n) is 11.9. The molecule has 18 heavy (non-hydrogen) atoms. The maximum absolute atomic E-state index is 11.9. The van der Waals surface area contributed by atoms with Crippen molar-refractivity contribution in [2.75, 3.05) is 33.4 Å². The highest BCUT2D eigenvalue weighted by Gasteiger charge is 2.20. The number of methoxy groups -OCH3 is 1. The van der Waals surface area contributed by atoms with Crippen molar-refractivity contribution in [3.8, 4) is 6.07 Å². The van der Waals surface area contributed by atoms with Gasteiger partial charge in [0, 0.05) is 26.8 Å². The molecule has 0 aliphatic rings. The second-order valence-electron chi connectivity index (χ2n) is 4.43. The Morgan fingerprint density at radius 3 is 2.67 bits per heavy atom. The van der Waals surface area contributed by atoms with Crippen molar-refractivity contribution in [1.29, 1.82) is 5.26 Å². The highest BCUT2D eigenvalue weighted by atomic mass is 16.5. The topological polar surface area (TPSA) is 65.4 Å². The molecule has 0 aliphatic carbocycles. The third kappa shape index (κ3) is 6.58. The van der Waals surface area contributed by atoms with E-state index in [9.17, 15) is 4.79 Å². The van der Waals surface area contributed by atoms with Crippen LogP contribution < -0.4 is 5.32 Å². The fraction of sp³-hybridized carbons (Fsp3) is 0.846. The second kappa shape index (κ2) is 9.86. The molecule has 0 aromatic heterocycles. The van der Waals surface area contributed by atoms with E-state index in [1.807, 2.05) is 25.7 Å². The number of carbonyl (C=O) groups is 1. The quantitative estimate of drug-likeness (QED) is 0.624. The third-order valence-corrected chi connectivity index (χ3v) is 2.89. The van der Waals surface area contributed by atoms with E-state index >= 15 is 0 Å². The van der Waals surface area contributed by atoms with Gasteiger partial charge in [-0.15, -0.1) is 0 Å². The first-order chi connectivity index (χ1) is 8.56. The minimum Gasteiger partial charge on any atom is -0.385 e. The van der Waals surface area contributed by atoms with E-state index in [0.29, 0.717) is 19.7 Å². The minimum absolute atomic E-state index is 0.0121. The van der Waals surface area contributed by atoms with E-state index in [4.69, 9.17) is 10.00 Å². The van der Waals surface area contributed by atoms with Crippen molar-refractivity contribution in [2.45, 2.75) is 33.2 Å². The predicted molar refractivity (Wildman–Crippen MR) is 71.0 cm³/mol. The lowest BCUT2D eigenvalue weighted by molar-refractivity contribution is -0.126. The van der Waals surface area contributed by atoms with E-state index in [1.54, 1.807) is 7.11 Å². The van der Waals surface area contributed by atoms with Crippen LogP contribution in [-0.4, -0.2) is 50.2 Å². The molecular weight excluding hydrogens is 230 g/mol. The molecule has 1 amide bonds. The Morgan fingerprint density at radius 2 is 2.17 bits per heavy atom. The average Bonchev–Trinajstić information content (AvgIpc) is 2.39. The molecule has 0 radical (unpaired) electrons. The summed E-state index contributed by atoms with van der Waals surface area (Å²) >= 11 is 0. The number of hydrogen-bond acceptors (Lipinski definition) is 4. The summed E-state index contributed by atoms with van der Waals surface area (Å²) in [5.74, 6) is -0.0493. The van der Waals surface area contributed by atoms with Gasteiger partial charge in [0.1, 0.15) is 0 Å². The Labute approximate surface area is 110 Å². The zero-order valence-corrected chi connectivity index (χ0v) is 11.9. The summed E-state index contributed by atoms with van der Waals surface area (Å²) in [6.07, 6.45) is 0.815. The lowest BCUT2D eigenvalue weighted by atomic mass is 10.1. The van der Waals surface area contributed by atoms with E-state index in [2.05, 4.69) is 11.4 Å². The summed E-state index contributed by atoms with van der Waals surface area (Å²) in [5.41, 5.74) is 0. The predicted octanol–water partition coefficient (Wildman–Crippen LogP) is 1.01. The highest BCUT2D eigenvalue weighted by molar-refractivity contribution is 5.81. The zero-order chi connectivity index (χ0) is 14.0. The molecule has 1 N–H and O–H groups in total. The van der Waals surface area contributed by atoms with Gasteiger partial charge >= 0.3 is 0 Å². The van der Waals surface area contributed by atoms with E-state index in [0.717, 1.165) is 13.0 Å². The molecule has 0 fully saturated rings. The standard InChI is InChI=1S/C13H25N3O2/c1-5-16(10-11(2)9-14)12(3)13(17)15-7-6-8-18-4/h11-12H,5-8,10H2,1-4H3,(H,15,17). The molecule has 0 aliphatic heterocycles. The van der Waals surface area contributed by atoms with Crippen LogP contribution >= 0.6 is 0 Å². The number of rotatable bonds is 9. The Bertz CT molecular complexity index is 276. The molecular formula is C13H25N3O2.